The van der Waals surface area contributed by atoms with Crippen LogP contribution in [0.15, 0.2) is 23.2 Å². The van der Waals surface area contributed by atoms with Crippen molar-refractivity contribution >= 4 is 5.96 Å². The van der Waals surface area contributed by atoms with Crippen LogP contribution in [0.25, 0.3) is 0 Å². The predicted molar refractivity (Wildman–Crippen MR) is 119 cm³/mol. The third kappa shape index (κ3) is 7.42. The first-order chi connectivity index (χ1) is 14.2. The van der Waals surface area contributed by atoms with Crippen molar-refractivity contribution < 1.29 is 14.2 Å². The maximum absolute atomic E-state index is 5.63. The third-order valence-electron chi connectivity index (χ3n) is 5.57. The van der Waals surface area contributed by atoms with Crippen LogP contribution in [0.1, 0.15) is 58.4 Å². The summed E-state index contributed by atoms with van der Waals surface area (Å²) < 4.78 is 16.7. The number of hydrogen-bond acceptors (Lipinski definition) is 4. The highest BCUT2D eigenvalue weighted by atomic mass is 16.5. The first kappa shape index (κ1) is 23.3. The van der Waals surface area contributed by atoms with Crippen LogP contribution in [0.4, 0.5) is 0 Å². The van der Waals surface area contributed by atoms with E-state index >= 15 is 0 Å². The molecule has 1 aromatic carbocycles. The molecule has 0 saturated heterocycles. The molecule has 164 valence electrons. The van der Waals surface area contributed by atoms with Gasteiger partial charge < -0.3 is 24.8 Å². The van der Waals surface area contributed by atoms with Crippen molar-refractivity contribution in [3.05, 3.63) is 23.8 Å². The normalized spacial score (nSPS) is 15.9. The molecule has 0 spiro atoms. The number of guanidine groups is 1. The van der Waals surface area contributed by atoms with Crippen LogP contribution in [-0.2, 0) is 11.3 Å². The number of rotatable bonds is 12. The maximum Gasteiger partial charge on any atom is 0.191 e. The Hall–Kier alpha value is -1.95. The third-order valence-corrected chi connectivity index (χ3v) is 5.57. The lowest BCUT2D eigenvalue weighted by Gasteiger charge is -2.30. The number of ether oxygens (including phenoxy) is 3. The molecule has 2 N–H and O–H groups in total. The summed E-state index contributed by atoms with van der Waals surface area (Å²) in [6, 6.07) is 5.99. The standard InChI is InChI=1S/C23H39N3O3/c1-5-24-22(26-18-23(12-8-9-13-23)14-15-28-6-2)25-17-19-10-11-20(29-7-3)21(16-19)27-4/h10-11,16H,5-9,12-15,17-18H2,1-4H3,(H2,24,25,26). The Bertz CT molecular complexity index is 628. The molecule has 0 bridgehead atoms. The lowest BCUT2D eigenvalue weighted by molar-refractivity contribution is 0.105. The maximum atomic E-state index is 5.63. The average Bonchev–Trinajstić information content (AvgIpc) is 3.20. The summed E-state index contributed by atoms with van der Waals surface area (Å²) in [6.45, 7) is 10.7. The largest absolute Gasteiger partial charge is 0.493 e. The fourth-order valence-corrected chi connectivity index (χ4v) is 3.94. The van der Waals surface area contributed by atoms with Gasteiger partial charge in [0.2, 0.25) is 0 Å². The van der Waals surface area contributed by atoms with Crippen LogP contribution >= 0.6 is 0 Å². The summed E-state index contributed by atoms with van der Waals surface area (Å²) in [5.74, 6) is 2.38. The molecule has 1 aliphatic rings. The van der Waals surface area contributed by atoms with Crippen molar-refractivity contribution in [2.45, 2.75) is 59.4 Å². The monoisotopic (exact) mass is 405 g/mol. The molecular formula is C23H39N3O3. The molecule has 6 heteroatoms. The smallest absolute Gasteiger partial charge is 0.191 e. The van der Waals surface area contributed by atoms with Crippen molar-refractivity contribution in [3.8, 4) is 11.5 Å². The van der Waals surface area contributed by atoms with Gasteiger partial charge in [-0.15, -0.1) is 0 Å². The van der Waals surface area contributed by atoms with Crippen molar-refractivity contribution in [1.82, 2.24) is 10.6 Å². The summed E-state index contributed by atoms with van der Waals surface area (Å²) >= 11 is 0. The topological polar surface area (TPSA) is 64.1 Å². The molecule has 0 amide bonds. The van der Waals surface area contributed by atoms with Crippen LogP contribution in [0, 0.1) is 5.41 Å². The fourth-order valence-electron chi connectivity index (χ4n) is 3.94. The molecule has 0 aromatic heterocycles. The Kier molecular flexibility index (Phi) is 10.1. The van der Waals surface area contributed by atoms with Crippen molar-refractivity contribution in [2.75, 3.05) is 40.0 Å². The van der Waals surface area contributed by atoms with E-state index in [0.29, 0.717) is 18.6 Å². The number of nitrogens with one attached hydrogen (secondary N) is 2. The van der Waals surface area contributed by atoms with Gasteiger partial charge in [-0.05, 0) is 63.1 Å². The van der Waals surface area contributed by atoms with Crippen LogP contribution in [0.2, 0.25) is 0 Å². The second-order valence-electron chi connectivity index (χ2n) is 7.62. The average molecular weight is 406 g/mol. The zero-order valence-electron chi connectivity index (χ0n) is 18.7. The molecule has 1 fully saturated rings. The van der Waals surface area contributed by atoms with Crippen LogP contribution in [-0.4, -0.2) is 46.0 Å². The number of benzene rings is 1. The molecule has 0 aliphatic heterocycles. The van der Waals surface area contributed by atoms with Crippen molar-refractivity contribution in [1.29, 1.82) is 0 Å². The minimum atomic E-state index is 0.327. The number of aliphatic imine (C=N–C) groups is 1. The molecule has 1 saturated carbocycles. The van der Waals surface area contributed by atoms with E-state index in [1.807, 2.05) is 25.1 Å². The molecule has 0 unspecified atom stereocenters. The summed E-state index contributed by atoms with van der Waals surface area (Å²) in [5.41, 5.74) is 1.42. The lowest BCUT2D eigenvalue weighted by atomic mass is 9.83. The van der Waals surface area contributed by atoms with Crippen LogP contribution in [0.5, 0.6) is 11.5 Å². The highest BCUT2D eigenvalue weighted by Crippen LogP contribution is 2.40. The molecule has 2 rings (SSSR count). The van der Waals surface area contributed by atoms with E-state index in [2.05, 4.69) is 24.5 Å². The Morgan fingerprint density at radius 2 is 1.86 bits per heavy atom. The molecule has 0 radical (unpaired) electrons. The summed E-state index contributed by atoms with van der Waals surface area (Å²) in [5, 5.41) is 6.96. The molecule has 6 nitrogen and oxygen atoms in total. The highest BCUT2D eigenvalue weighted by Gasteiger charge is 2.33. The van der Waals surface area contributed by atoms with Gasteiger partial charge in [-0.1, -0.05) is 18.9 Å². The number of methoxy groups -OCH3 is 1. The van der Waals surface area contributed by atoms with E-state index in [-0.39, 0.29) is 0 Å². The SMILES string of the molecule is CCNC(=NCc1ccc(OCC)c(OC)c1)NCC1(CCOCC)CCCC1. The van der Waals surface area contributed by atoms with Crippen LogP contribution < -0.4 is 20.1 Å². The lowest BCUT2D eigenvalue weighted by Crippen LogP contribution is -2.43. The molecular weight excluding hydrogens is 366 g/mol. The van der Waals surface area contributed by atoms with Gasteiger partial charge in [-0.2, -0.15) is 0 Å². The van der Waals surface area contributed by atoms with E-state index in [1.54, 1.807) is 7.11 Å². The molecule has 1 aliphatic carbocycles. The minimum Gasteiger partial charge on any atom is -0.493 e. The van der Waals surface area contributed by atoms with Crippen molar-refractivity contribution in [2.24, 2.45) is 10.4 Å². The highest BCUT2D eigenvalue weighted by molar-refractivity contribution is 5.79. The number of hydrogen-bond donors (Lipinski definition) is 2. The van der Waals surface area contributed by atoms with Gasteiger partial charge in [-0.25, -0.2) is 4.99 Å². The Balaban J connectivity index is 2.00. The predicted octanol–water partition coefficient (Wildman–Crippen LogP) is 4.14. The van der Waals surface area contributed by atoms with E-state index in [0.717, 1.165) is 55.7 Å². The Labute approximate surface area is 176 Å². The molecule has 0 atom stereocenters. The Morgan fingerprint density at radius 3 is 2.52 bits per heavy atom. The first-order valence-corrected chi connectivity index (χ1v) is 11.1. The van der Waals surface area contributed by atoms with Gasteiger partial charge in [-0.3, -0.25) is 0 Å². The zero-order valence-corrected chi connectivity index (χ0v) is 18.7. The Morgan fingerprint density at radius 1 is 1.07 bits per heavy atom. The van der Waals surface area contributed by atoms with Crippen molar-refractivity contribution in [3.63, 3.8) is 0 Å². The van der Waals surface area contributed by atoms with Gasteiger partial charge in [0, 0.05) is 26.3 Å². The first-order valence-electron chi connectivity index (χ1n) is 11.1. The van der Waals surface area contributed by atoms with Crippen LogP contribution in [0.3, 0.4) is 0 Å². The van der Waals surface area contributed by atoms with Gasteiger partial charge >= 0.3 is 0 Å². The molecule has 0 heterocycles. The van der Waals surface area contributed by atoms with E-state index in [4.69, 9.17) is 19.2 Å². The fraction of sp³-hybridized carbons (Fsp3) is 0.696. The zero-order chi connectivity index (χ0) is 21.0. The molecule has 1 aromatic rings. The van der Waals surface area contributed by atoms with E-state index in [1.165, 1.54) is 25.7 Å². The quantitative estimate of drug-likeness (QED) is 0.311. The van der Waals surface area contributed by atoms with E-state index < -0.39 is 0 Å². The summed E-state index contributed by atoms with van der Waals surface area (Å²) in [4.78, 5) is 4.79. The van der Waals surface area contributed by atoms with Gasteiger partial charge in [0.15, 0.2) is 17.5 Å². The molecule has 29 heavy (non-hydrogen) atoms. The summed E-state index contributed by atoms with van der Waals surface area (Å²) in [7, 11) is 1.67. The minimum absolute atomic E-state index is 0.327. The second kappa shape index (κ2) is 12.6. The van der Waals surface area contributed by atoms with E-state index in [9.17, 15) is 0 Å². The van der Waals surface area contributed by atoms with Gasteiger partial charge in [0.05, 0.1) is 20.3 Å². The van der Waals surface area contributed by atoms with Gasteiger partial charge in [0.1, 0.15) is 0 Å². The summed E-state index contributed by atoms with van der Waals surface area (Å²) in [6.07, 6.45) is 6.27. The number of nitrogens with zero attached hydrogens (tertiary/aromatic N) is 1. The van der Waals surface area contributed by atoms with Gasteiger partial charge in [0.25, 0.3) is 0 Å². The second-order valence-corrected chi connectivity index (χ2v) is 7.62.